The third-order valence-electron chi connectivity index (χ3n) is 6.47. The molecule has 0 aliphatic heterocycles. The topological polar surface area (TPSA) is 99.6 Å². The normalized spacial score (nSPS) is 11.2. The van der Waals surface area contributed by atoms with E-state index in [-0.39, 0.29) is 46.1 Å². The molecule has 0 saturated carbocycles. The monoisotopic (exact) mass is 517 g/mol. The second-order valence-corrected chi connectivity index (χ2v) is 9.48. The molecule has 0 N–H and O–H groups in total. The van der Waals surface area contributed by atoms with Gasteiger partial charge in [-0.3, -0.25) is 19.7 Å². The maximum Gasteiger partial charge on any atom is 0.281 e. The summed E-state index contributed by atoms with van der Waals surface area (Å²) in [5.74, 6) is 0.163. The van der Waals surface area contributed by atoms with Gasteiger partial charge in [-0.15, -0.1) is 0 Å². The second kappa shape index (κ2) is 11.0. The lowest BCUT2D eigenvalue weighted by molar-refractivity contribution is -0.384. The standard InChI is InChI=1S/C30H28FNO6/c1-5-25(33)29-23-15-21(22-14-19(9-13-27(22)37-4)26(34)12-6-17(2)3)24(32(35)36)16-28(23)38-30(29)18-7-10-20(31)11-8-18/h7-11,13-17H,5-6,12H2,1-4H3. The number of nitro groups is 1. The van der Waals surface area contributed by atoms with Crippen molar-refractivity contribution in [1.82, 2.24) is 0 Å². The van der Waals surface area contributed by atoms with Crippen LogP contribution in [0.2, 0.25) is 0 Å². The second-order valence-electron chi connectivity index (χ2n) is 9.48. The Balaban J connectivity index is 1.98. The number of methoxy groups -OCH3 is 1. The van der Waals surface area contributed by atoms with Gasteiger partial charge in [0.1, 0.15) is 22.9 Å². The summed E-state index contributed by atoms with van der Waals surface area (Å²) in [6.45, 7) is 5.77. The first-order valence-electron chi connectivity index (χ1n) is 12.4. The first-order valence-corrected chi connectivity index (χ1v) is 12.4. The minimum absolute atomic E-state index is 0.0740. The van der Waals surface area contributed by atoms with Gasteiger partial charge in [0.15, 0.2) is 11.6 Å². The van der Waals surface area contributed by atoms with Gasteiger partial charge in [-0.1, -0.05) is 20.8 Å². The van der Waals surface area contributed by atoms with Crippen LogP contribution in [0.5, 0.6) is 5.75 Å². The molecule has 7 nitrogen and oxygen atoms in total. The molecule has 0 spiro atoms. The minimum Gasteiger partial charge on any atom is -0.496 e. The summed E-state index contributed by atoms with van der Waals surface area (Å²) >= 11 is 0. The highest BCUT2D eigenvalue weighted by molar-refractivity contribution is 6.13. The average Bonchev–Trinajstić information content (AvgIpc) is 3.29. The number of nitrogens with zero attached hydrogens (tertiary/aromatic N) is 1. The molecule has 0 atom stereocenters. The van der Waals surface area contributed by atoms with Gasteiger partial charge in [0.2, 0.25) is 0 Å². The number of carbonyl (C=O) groups is 2. The zero-order valence-electron chi connectivity index (χ0n) is 21.7. The van der Waals surface area contributed by atoms with Crippen LogP contribution >= 0.6 is 0 Å². The van der Waals surface area contributed by atoms with E-state index in [9.17, 15) is 24.1 Å². The molecule has 0 radical (unpaired) electrons. The number of rotatable bonds is 10. The van der Waals surface area contributed by atoms with E-state index >= 15 is 0 Å². The van der Waals surface area contributed by atoms with Gasteiger partial charge in [-0.05, 0) is 60.9 Å². The third-order valence-corrected chi connectivity index (χ3v) is 6.47. The van der Waals surface area contributed by atoms with Gasteiger partial charge in [0.25, 0.3) is 5.69 Å². The molecule has 4 rings (SSSR count). The van der Waals surface area contributed by atoms with Gasteiger partial charge < -0.3 is 9.15 Å². The predicted molar refractivity (Wildman–Crippen MR) is 143 cm³/mol. The fraction of sp³-hybridized carbons (Fsp3) is 0.267. The lowest BCUT2D eigenvalue weighted by Crippen LogP contribution is -2.03. The Morgan fingerprint density at radius 1 is 1.03 bits per heavy atom. The van der Waals surface area contributed by atoms with Gasteiger partial charge in [-0.25, -0.2) is 4.39 Å². The number of Topliss-reactive ketones (excluding diaryl/α,β-unsaturated/α-hetero) is 2. The van der Waals surface area contributed by atoms with Crippen molar-refractivity contribution >= 4 is 28.2 Å². The van der Waals surface area contributed by atoms with E-state index in [4.69, 9.17) is 9.15 Å². The third kappa shape index (κ3) is 5.20. The van der Waals surface area contributed by atoms with Crippen LogP contribution < -0.4 is 4.74 Å². The number of hydrogen-bond donors (Lipinski definition) is 0. The van der Waals surface area contributed by atoms with Crippen LogP contribution in [0, 0.1) is 21.8 Å². The van der Waals surface area contributed by atoms with Crippen LogP contribution in [0.3, 0.4) is 0 Å². The molecular formula is C30H28FNO6. The summed E-state index contributed by atoms with van der Waals surface area (Å²) in [6, 6.07) is 13.2. The molecule has 4 aromatic rings. The van der Waals surface area contributed by atoms with E-state index in [1.54, 1.807) is 25.1 Å². The molecule has 0 amide bonds. The van der Waals surface area contributed by atoms with Crippen LogP contribution in [0.25, 0.3) is 33.4 Å². The molecule has 38 heavy (non-hydrogen) atoms. The maximum atomic E-state index is 13.6. The molecule has 196 valence electrons. The lowest BCUT2D eigenvalue weighted by atomic mass is 9.93. The summed E-state index contributed by atoms with van der Waals surface area (Å²) in [4.78, 5) is 37.6. The van der Waals surface area contributed by atoms with Crippen LogP contribution in [-0.2, 0) is 0 Å². The molecule has 0 bridgehead atoms. The predicted octanol–water partition coefficient (Wildman–Crippen LogP) is 8.03. The van der Waals surface area contributed by atoms with E-state index in [1.165, 1.54) is 43.5 Å². The molecule has 0 unspecified atom stereocenters. The van der Waals surface area contributed by atoms with Gasteiger partial charge in [-0.2, -0.15) is 0 Å². The highest BCUT2D eigenvalue weighted by Crippen LogP contribution is 2.43. The number of benzene rings is 3. The number of ketones is 2. The SMILES string of the molecule is CCC(=O)c1c(-c2ccc(F)cc2)oc2cc([N+](=O)[O-])c(-c3cc(C(=O)CCC(C)C)ccc3OC)cc12. The molecule has 8 heteroatoms. The fourth-order valence-electron chi connectivity index (χ4n) is 4.41. The number of nitro benzene ring substituents is 1. The number of ether oxygens (including phenoxy) is 1. The van der Waals surface area contributed by atoms with E-state index in [0.717, 1.165) is 6.42 Å². The number of furan rings is 1. The molecule has 3 aromatic carbocycles. The number of fused-ring (bicyclic) bond motifs is 1. The van der Waals surface area contributed by atoms with E-state index in [0.29, 0.717) is 40.2 Å². The Labute approximate surface area is 219 Å². The quantitative estimate of drug-likeness (QED) is 0.120. The molecule has 0 aliphatic rings. The van der Waals surface area contributed by atoms with Crippen LogP contribution in [0.1, 0.15) is 60.7 Å². The summed E-state index contributed by atoms with van der Waals surface area (Å²) in [6.07, 6.45) is 1.23. The summed E-state index contributed by atoms with van der Waals surface area (Å²) < 4.78 is 25.0. The Hall–Kier alpha value is -4.33. The fourth-order valence-corrected chi connectivity index (χ4v) is 4.41. The van der Waals surface area contributed by atoms with Crippen molar-refractivity contribution in [2.75, 3.05) is 7.11 Å². The van der Waals surface area contributed by atoms with Crippen molar-refractivity contribution in [3.8, 4) is 28.2 Å². The molecule has 1 heterocycles. The summed E-state index contributed by atoms with van der Waals surface area (Å²) in [5, 5.41) is 12.6. The van der Waals surface area contributed by atoms with Crippen LogP contribution in [-0.4, -0.2) is 23.6 Å². The number of halogens is 1. The van der Waals surface area contributed by atoms with Crippen molar-refractivity contribution < 1.29 is 28.1 Å². The van der Waals surface area contributed by atoms with E-state index < -0.39 is 10.7 Å². The van der Waals surface area contributed by atoms with E-state index in [1.807, 2.05) is 13.8 Å². The minimum atomic E-state index is -0.539. The summed E-state index contributed by atoms with van der Waals surface area (Å²) in [7, 11) is 1.44. The van der Waals surface area contributed by atoms with Crippen LogP contribution in [0.4, 0.5) is 10.1 Å². The van der Waals surface area contributed by atoms with Crippen molar-refractivity contribution in [1.29, 1.82) is 0 Å². The molecule has 1 aromatic heterocycles. The highest BCUT2D eigenvalue weighted by Gasteiger charge is 2.27. The maximum absolute atomic E-state index is 13.6. The largest absolute Gasteiger partial charge is 0.496 e. The Bertz CT molecular complexity index is 1530. The first-order chi connectivity index (χ1) is 18.1. The van der Waals surface area contributed by atoms with Gasteiger partial charge in [0, 0.05) is 34.9 Å². The Kier molecular flexibility index (Phi) is 7.71. The molecule has 0 fully saturated rings. The smallest absolute Gasteiger partial charge is 0.281 e. The van der Waals surface area contributed by atoms with Crippen LogP contribution in [0.15, 0.2) is 59.0 Å². The number of carbonyl (C=O) groups excluding carboxylic acids is 2. The average molecular weight is 518 g/mol. The number of hydrogen-bond acceptors (Lipinski definition) is 6. The van der Waals surface area contributed by atoms with Crippen molar-refractivity contribution in [2.24, 2.45) is 5.92 Å². The van der Waals surface area contributed by atoms with Gasteiger partial charge >= 0.3 is 0 Å². The molecule has 0 aliphatic carbocycles. The first kappa shape index (κ1) is 26.7. The van der Waals surface area contributed by atoms with Gasteiger partial charge in [0.05, 0.1) is 29.2 Å². The Morgan fingerprint density at radius 2 is 1.74 bits per heavy atom. The highest BCUT2D eigenvalue weighted by atomic mass is 19.1. The van der Waals surface area contributed by atoms with Crippen molar-refractivity contribution in [3.05, 3.63) is 81.7 Å². The Morgan fingerprint density at radius 3 is 2.34 bits per heavy atom. The molecular weight excluding hydrogens is 489 g/mol. The lowest BCUT2D eigenvalue weighted by Gasteiger charge is -2.12. The summed E-state index contributed by atoms with van der Waals surface area (Å²) in [5.41, 5.74) is 1.58. The van der Waals surface area contributed by atoms with E-state index in [2.05, 4.69) is 0 Å². The van der Waals surface area contributed by atoms with Crippen molar-refractivity contribution in [2.45, 2.75) is 40.0 Å². The zero-order valence-corrected chi connectivity index (χ0v) is 21.7. The zero-order chi connectivity index (χ0) is 27.6. The van der Waals surface area contributed by atoms with Crippen molar-refractivity contribution in [3.63, 3.8) is 0 Å². The molecule has 0 saturated heterocycles.